The van der Waals surface area contributed by atoms with E-state index in [2.05, 4.69) is 10.5 Å². The van der Waals surface area contributed by atoms with Gasteiger partial charge in [-0.1, -0.05) is 35.3 Å². The molecule has 140 valence electrons. The van der Waals surface area contributed by atoms with Crippen molar-refractivity contribution in [1.29, 1.82) is 0 Å². The maximum atomic E-state index is 12.3. The zero-order valence-corrected chi connectivity index (χ0v) is 15.7. The number of benzene rings is 2. The third kappa shape index (κ3) is 4.15. The number of hydrogen-bond donors (Lipinski definition) is 2. The van der Waals surface area contributed by atoms with E-state index in [1.165, 1.54) is 17.0 Å². The highest BCUT2D eigenvalue weighted by Gasteiger charge is 2.26. The van der Waals surface area contributed by atoms with Crippen molar-refractivity contribution in [2.75, 3.05) is 18.1 Å². The summed E-state index contributed by atoms with van der Waals surface area (Å²) in [6.07, 6.45) is 0. The van der Waals surface area contributed by atoms with E-state index in [-0.39, 0.29) is 29.8 Å². The van der Waals surface area contributed by atoms with Crippen molar-refractivity contribution in [3.05, 3.63) is 52.0 Å². The number of aromatic hydroxyl groups is 1. The number of hydrazone groups is 1. The van der Waals surface area contributed by atoms with Gasteiger partial charge in [0.25, 0.3) is 11.8 Å². The summed E-state index contributed by atoms with van der Waals surface area (Å²) in [6, 6.07) is 9.83. The summed E-state index contributed by atoms with van der Waals surface area (Å²) in [5.41, 5.74) is 3.48. The van der Waals surface area contributed by atoms with Crippen molar-refractivity contribution < 1.29 is 19.4 Å². The smallest absolute Gasteiger partial charge is 0.265 e. The van der Waals surface area contributed by atoms with Crippen molar-refractivity contribution >= 4 is 46.4 Å². The highest BCUT2D eigenvalue weighted by atomic mass is 35.5. The molecule has 0 aromatic heterocycles. The molecule has 0 unspecified atom stereocenters. The van der Waals surface area contributed by atoms with Crippen LogP contribution in [0.15, 0.2) is 41.5 Å². The van der Waals surface area contributed by atoms with Gasteiger partial charge in [0.2, 0.25) is 0 Å². The minimum absolute atomic E-state index is 0.0777. The zero-order chi connectivity index (χ0) is 19.6. The Morgan fingerprint density at radius 2 is 2.07 bits per heavy atom. The second-order valence-corrected chi connectivity index (χ2v) is 6.60. The molecule has 0 bridgehead atoms. The highest BCUT2D eigenvalue weighted by Crippen LogP contribution is 2.32. The monoisotopic (exact) mass is 407 g/mol. The molecule has 3 rings (SSSR count). The molecule has 2 N–H and O–H groups in total. The van der Waals surface area contributed by atoms with Crippen molar-refractivity contribution in [1.82, 2.24) is 5.43 Å². The van der Waals surface area contributed by atoms with Gasteiger partial charge in [0.1, 0.15) is 18.0 Å². The second-order valence-electron chi connectivity index (χ2n) is 5.75. The van der Waals surface area contributed by atoms with Crippen LogP contribution in [0, 0.1) is 0 Å². The number of hydrogen-bond acceptors (Lipinski definition) is 5. The van der Waals surface area contributed by atoms with E-state index in [0.29, 0.717) is 27.7 Å². The van der Waals surface area contributed by atoms with Gasteiger partial charge in [-0.2, -0.15) is 5.10 Å². The maximum absolute atomic E-state index is 12.3. The minimum Gasteiger partial charge on any atom is -0.506 e. The van der Waals surface area contributed by atoms with E-state index in [0.717, 1.165) is 0 Å². The number of phenols is 1. The summed E-state index contributed by atoms with van der Waals surface area (Å²) in [5, 5.41) is 14.4. The van der Waals surface area contributed by atoms with E-state index in [4.69, 9.17) is 27.9 Å². The quantitative estimate of drug-likeness (QED) is 0.601. The van der Waals surface area contributed by atoms with Crippen LogP contribution in [-0.2, 0) is 9.59 Å². The summed E-state index contributed by atoms with van der Waals surface area (Å²) in [5.74, 6) is -0.493. The van der Waals surface area contributed by atoms with Crippen LogP contribution in [0.2, 0.25) is 10.0 Å². The largest absolute Gasteiger partial charge is 0.506 e. The lowest BCUT2D eigenvalue weighted by Gasteiger charge is -2.28. The van der Waals surface area contributed by atoms with Crippen molar-refractivity contribution in [3.63, 3.8) is 0 Å². The first kappa shape index (κ1) is 19.0. The number of rotatable bonds is 4. The van der Waals surface area contributed by atoms with Gasteiger partial charge in [-0.3, -0.25) is 14.5 Å². The number of nitrogens with zero attached hydrogens (tertiary/aromatic N) is 2. The fraction of sp³-hybridized carbons (Fsp3) is 0.167. The van der Waals surface area contributed by atoms with E-state index < -0.39 is 5.91 Å². The molecule has 1 aliphatic rings. The molecule has 0 aliphatic carbocycles. The molecule has 0 atom stereocenters. The molecular weight excluding hydrogens is 393 g/mol. The standard InChI is InChI=1S/C18H15Cl2N3O4/c1-10(12-6-11(19)7-13(20)18(12)26)21-22-16(24)8-23-14-4-2-3-5-15(14)27-9-17(23)25/h2-7,26H,8-9H2,1H3,(H,22,24)/b21-10+. The number of carbonyl (C=O) groups excluding carboxylic acids is 2. The number of carbonyl (C=O) groups is 2. The summed E-state index contributed by atoms with van der Waals surface area (Å²) >= 11 is 11.8. The molecular formula is C18H15Cl2N3O4. The van der Waals surface area contributed by atoms with Gasteiger partial charge < -0.3 is 9.84 Å². The number of para-hydroxylation sites is 2. The third-order valence-electron chi connectivity index (χ3n) is 3.88. The van der Waals surface area contributed by atoms with Crippen LogP contribution >= 0.6 is 23.2 Å². The van der Waals surface area contributed by atoms with Gasteiger partial charge in [0, 0.05) is 10.6 Å². The first-order chi connectivity index (χ1) is 12.9. The molecule has 2 amide bonds. The molecule has 7 nitrogen and oxygen atoms in total. The molecule has 0 saturated heterocycles. The topological polar surface area (TPSA) is 91.2 Å². The summed E-state index contributed by atoms with van der Waals surface area (Å²) < 4.78 is 5.34. The Hall–Kier alpha value is -2.77. The van der Waals surface area contributed by atoms with E-state index in [1.54, 1.807) is 31.2 Å². The zero-order valence-electron chi connectivity index (χ0n) is 14.2. The predicted molar refractivity (Wildman–Crippen MR) is 103 cm³/mol. The minimum atomic E-state index is -0.507. The maximum Gasteiger partial charge on any atom is 0.265 e. The Morgan fingerprint density at radius 1 is 1.33 bits per heavy atom. The Bertz CT molecular complexity index is 946. The third-order valence-corrected chi connectivity index (χ3v) is 4.38. The lowest BCUT2D eigenvalue weighted by Crippen LogP contribution is -2.44. The Morgan fingerprint density at radius 3 is 2.85 bits per heavy atom. The van der Waals surface area contributed by atoms with Gasteiger partial charge in [-0.25, -0.2) is 5.43 Å². The second kappa shape index (κ2) is 7.85. The fourth-order valence-electron chi connectivity index (χ4n) is 2.55. The lowest BCUT2D eigenvalue weighted by molar-refractivity contribution is -0.125. The normalized spacial score (nSPS) is 13.8. The van der Waals surface area contributed by atoms with Gasteiger partial charge in [-0.05, 0) is 31.2 Å². The molecule has 0 spiro atoms. The van der Waals surface area contributed by atoms with Crippen molar-refractivity contribution in [3.8, 4) is 11.5 Å². The van der Waals surface area contributed by atoms with Crippen LogP contribution in [0.4, 0.5) is 5.69 Å². The average molecular weight is 408 g/mol. The van der Waals surface area contributed by atoms with Crippen LogP contribution in [0.25, 0.3) is 0 Å². The molecule has 27 heavy (non-hydrogen) atoms. The molecule has 0 radical (unpaired) electrons. The number of halogens is 2. The Labute approximate surface area is 165 Å². The van der Waals surface area contributed by atoms with E-state index in [1.807, 2.05) is 0 Å². The first-order valence-electron chi connectivity index (χ1n) is 7.90. The molecule has 2 aromatic rings. The summed E-state index contributed by atoms with van der Waals surface area (Å²) in [4.78, 5) is 25.7. The lowest BCUT2D eigenvalue weighted by atomic mass is 10.1. The molecule has 9 heteroatoms. The van der Waals surface area contributed by atoms with Gasteiger partial charge in [-0.15, -0.1) is 0 Å². The predicted octanol–water partition coefficient (Wildman–Crippen LogP) is 2.96. The average Bonchev–Trinajstić information content (AvgIpc) is 2.65. The van der Waals surface area contributed by atoms with E-state index >= 15 is 0 Å². The summed E-state index contributed by atoms with van der Waals surface area (Å²) in [7, 11) is 0. The summed E-state index contributed by atoms with van der Waals surface area (Å²) in [6.45, 7) is 1.22. The molecule has 0 saturated carbocycles. The van der Waals surface area contributed by atoms with Crippen molar-refractivity contribution in [2.45, 2.75) is 6.92 Å². The number of ether oxygens (including phenoxy) is 1. The van der Waals surface area contributed by atoms with E-state index in [9.17, 15) is 14.7 Å². The molecule has 1 heterocycles. The molecule has 0 fully saturated rings. The van der Waals surface area contributed by atoms with Crippen LogP contribution in [0.3, 0.4) is 0 Å². The number of amides is 2. The molecule has 2 aromatic carbocycles. The molecule has 1 aliphatic heterocycles. The number of nitrogens with one attached hydrogen (secondary N) is 1. The number of fused-ring (bicyclic) bond motifs is 1. The first-order valence-corrected chi connectivity index (χ1v) is 8.66. The van der Waals surface area contributed by atoms with Crippen LogP contribution in [-0.4, -0.2) is 35.8 Å². The Kier molecular flexibility index (Phi) is 5.53. The van der Waals surface area contributed by atoms with Gasteiger partial charge in [0.05, 0.1) is 16.4 Å². The fourth-order valence-corrected chi connectivity index (χ4v) is 3.05. The van der Waals surface area contributed by atoms with Crippen molar-refractivity contribution in [2.24, 2.45) is 5.10 Å². The number of anilines is 1. The van der Waals surface area contributed by atoms with Gasteiger partial charge >= 0.3 is 0 Å². The number of phenolic OH excluding ortho intramolecular Hbond substituents is 1. The van der Waals surface area contributed by atoms with Crippen LogP contribution < -0.4 is 15.1 Å². The van der Waals surface area contributed by atoms with Crippen LogP contribution in [0.5, 0.6) is 11.5 Å². The van der Waals surface area contributed by atoms with Gasteiger partial charge in [0.15, 0.2) is 6.61 Å². The highest BCUT2D eigenvalue weighted by molar-refractivity contribution is 6.36. The Balaban J connectivity index is 1.73. The SMILES string of the molecule is C/C(=N\NC(=O)CN1C(=O)COc2ccccc21)c1cc(Cl)cc(Cl)c1O. The van der Waals surface area contributed by atoms with Crippen LogP contribution in [0.1, 0.15) is 12.5 Å².